The van der Waals surface area contributed by atoms with Gasteiger partial charge in [0.25, 0.3) is 0 Å². The van der Waals surface area contributed by atoms with Crippen molar-refractivity contribution in [3.63, 3.8) is 0 Å². The first-order valence-corrected chi connectivity index (χ1v) is 4.84. The van der Waals surface area contributed by atoms with Gasteiger partial charge in [-0.2, -0.15) is 0 Å². The number of aryl methyl sites for hydroxylation is 1. The molecule has 0 heterocycles. The smallest absolute Gasteiger partial charge is 0.122 e. The topological polar surface area (TPSA) is 29.5 Å². The van der Waals surface area contributed by atoms with Crippen molar-refractivity contribution in [2.45, 2.75) is 13.8 Å². The lowest BCUT2D eigenvalue weighted by Crippen LogP contribution is -1.99. The van der Waals surface area contributed by atoms with Crippen LogP contribution in [0.2, 0.25) is 0 Å². The van der Waals surface area contributed by atoms with E-state index in [0.717, 1.165) is 16.9 Å². The molecule has 0 saturated heterocycles. The van der Waals surface area contributed by atoms with Gasteiger partial charge in [0.05, 0.1) is 0 Å². The van der Waals surface area contributed by atoms with Crippen molar-refractivity contribution in [3.8, 4) is 11.5 Å². The fraction of sp³-hybridized carbons (Fsp3) is 0.231. The molecule has 1 rings (SSSR count). The van der Waals surface area contributed by atoms with E-state index in [1.54, 1.807) is 24.3 Å². The Morgan fingerprint density at radius 1 is 1.53 bits per heavy atom. The van der Waals surface area contributed by atoms with Crippen molar-refractivity contribution in [3.05, 3.63) is 48.1 Å². The first kappa shape index (κ1) is 11.4. The van der Waals surface area contributed by atoms with E-state index in [1.807, 2.05) is 19.9 Å². The van der Waals surface area contributed by atoms with Crippen molar-refractivity contribution >= 4 is 0 Å². The van der Waals surface area contributed by atoms with Gasteiger partial charge in [0, 0.05) is 0 Å². The van der Waals surface area contributed by atoms with Crippen LogP contribution in [0.4, 0.5) is 0 Å². The Labute approximate surface area is 90.5 Å². The van der Waals surface area contributed by atoms with Crippen LogP contribution in [0.5, 0.6) is 11.5 Å². The monoisotopic (exact) mass is 204 g/mol. The first-order valence-electron chi connectivity index (χ1n) is 4.84. The molecule has 0 amide bonds. The first-order chi connectivity index (χ1) is 7.13. The van der Waals surface area contributed by atoms with Crippen LogP contribution >= 0.6 is 0 Å². The van der Waals surface area contributed by atoms with Gasteiger partial charge >= 0.3 is 0 Å². The summed E-state index contributed by atoms with van der Waals surface area (Å²) in [5, 5.41) is 9.22. The van der Waals surface area contributed by atoms with E-state index in [9.17, 15) is 5.11 Å². The Morgan fingerprint density at radius 2 is 2.27 bits per heavy atom. The summed E-state index contributed by atoms with van der Waals surface area (Å²) in [6.45, 7) is 8.05. The minimum atomic E-state index is 0.262. The zero-order chi connectivity index (χ0) is 11.3. The fourth-order valence-corrected chi connectivity index (χ4v) is 1.24. The average Bonchev–Trinajstić information content (AvgIpc) is 2.17. The summed E-state index contributed by atoms with van der Waals surface area (Å²) in [6.07, 6.45) is 3.65. The fourth-order valence-electron chi connectivity index (χ4n) is 1.24. The number of aromatic hydroxyl groups is 1. The van der Waals surface area contributed by atoms with Gasteiger partial charge < -0.3 is 9.84 Å². The van der Waals surface area contributed by atoms with Crippen LogP contribution in [-0.4, -0.2) is 11.7 Å². The molecule has 0 atom stereocenters. The average molecular weight is 204 g/mol. The molecule has 1 aromatic rings. The van der Waals surface area contributed by atoms with Crippen LogP contribution in [0.3, 0.4) is 0 Å². The van der Waals surface area contributed by atoms with Crippen molar-refractivity contribution in [1.29, 1.82) is 0 Å². The number of phenolic OH excluding ortho intramolecular Hbond substituents is 1. The van der Waals surface area contributed by atoms with Gasteiger partial charge in [-0.3, -0.25) is 0 Å². The maximum absolute atomic E-state index is 9.22. The summed E-state index contributed by atoms with van der Waals surface area (Å²) in [5.74, 6) is 1.06. The lowest BCUT2D eigenvalue weighted by Gasteiger charge is -2.09. The Kier molecular flexibility index (Phi) is 3.98. The highest BCUT2D eigenvalue weighted by molar-refractivity contribution is 5.38. The summed E-state index contributed by atoms with van der Waals surface area (Å²) < 4.78 is 5.58. The highest BCUT2D eigenvalue weighted by atomic mass is 16.5. The molecule has 0 aromatic heterocycles. The minimum Gasteiger partial charge on any atom is -0.508 e. The number of benzene rings is 1. The van der Waals surface area contributed by atoms with Gasteiger partial charge in [-0.1, -0.05) is 18.7 Å². The third-order valence-corrected chi connectivity index (χ3v) is 2.02. The molecule has 0 unspecified atom stereocenters. The second kappa shape index (κ2) is 5.25. The number of hydrogen-bond donors (Lipinski definition) is 1. The Morgan fingerprint density at radius 3 is 2.87 bits per heavy atom. The highest BCUT2D eigenvalue weighted by Gasteiger charge is 2.00. The van der Waals surface area contributed by atoms with Gasteiger partial charge in [-0.25, -0.2) is 0 Å². The zero-order valence-corrected chi connectivity index (χ0v) is 9.16. The van der Waals surface area contributed by atoms with Crippen molar-refractivity contribution in [1.82, 2.24) is 0 Å². The molecule has 0 fully saturated rings. The third-order valence-electron chi connectivity index (χ3n) is 2.02. The quantitative estimate of drug-likeness (QED) is 0.763. The molecule has 0 radical (unpaired) electrons. The molecule has 80 valence electrons. The molecular weight excluding hydrogens is 188 g/mol. The van der Waals surface area contributed by atoms with Crippen molar-refractivity contribution in [2.75, 3.05) is 6.61 Å². The van der Waals surface area contributed by atoms with Crippen LogP contribution in [0.15, 0.2) is 42.5 Å². The van der Waals surface area contributed by atoms with Gasteiger partial charge in [-0.15, -0.1) is 0 Å². The molecular formula is C13H16O2. The summed E-state index contributed by atoms with van der Waals surface area (Å²) in [6, 6.07) is 5.07. The predicted octanol–water partition coefficient (Wildman–Crippen LogP) is 3.21. The lowest BCUT2D eigenvalue weighted by molar-refractivity contribution is 0.348. The summed E-state index contributed by atoms with van der Waals surface area (Å²) in [7, 11) is 0. The summed E-state index contributed by atoms with van der Waals surface area (Å²) >= 11 is 0. The van der Waals surface area contributed by atoms with E-state index in [0.29, 0.717) is 6.61 Å². The minimum absolute atomic E-state index is 0.262. The van der Waals surface area contributed by atoms with Crippen LogP contribution in [0.1, 0.15) is 12.5 Å². The Hall–Kier alpha value is -1.70. The molecule has 0 bridgehead atoms. The number of phenols is 1. The van der Waals surface area contributed by atoms with Gasteiger partial charge in [0.1, 0.15) is 18.1 Å². The molecule has 0 aliphatic rings. The van der Waals surface area contributed by atoms with Crippen LogP contribution in [0.25, 0.3) is 0 Å². The van der Waals surface area contributed by atoms with Crippen molar-refractivity contribution in [2.24, 2.45) is 0 Å². The van der Waals surface area contributed by atoms with E-state index in [4.69, 9.17) is 4.74 Å². The summed E-state index contributed by atoms with van der Waals surface area (Å²) in [5.41, 5.74) is 2.04. The SMILES string of the molecule is C=C/C=C(\C)COc1ccc(O)cc1C. The third kappa shape index (κ3) is 3.50. The van der Waals surface area contributed by atoms with E-state index >= 15 is 0 Å². The molecule has 15 heavy (non-hydrogen) atoms. The molecule has 0 aliphatic heterocycles. The molecule has 2 heteroatoms. The normalized spacial score (nSPS) is 11.2. The molecule has 2 nitrogen and oxygen atoms in total. The van der Waals surface area contributed by atoms with Gasteiger partial charge in [0.15, 0.2) is 0 Å². The molecule has 0 saturated carbocycles. The van der Waals surface area contributed by atoms with E-state index in [-0.39, 0.29) is 5.75 Å². The number of allylic oxidation sites excluding steroid dienone is 2. The van der Waals surface area contributed by atoms with E-state index in [1.165, 1.54) is 0 Å². The standard InChI is InChI=1S/C13H16O2/c1-4-5-10(2)9-15-13-7-6-12(14)8-11(13)3/h4-8,14H,1,9H2,2-3H3/b10-5+. The highest BCUT2D eigenvalue weighted by Crippen LogP contribution is 2.22. The second-order valence-electron chi connectivity index (χ2n) is 3.49. The number of rotatable bonds is 4. The van der Waals surface area contributed by atoms with Crippen LogP contribution in [0, 0.1) is 6.92 Å². The number of ether oxygens (including phenoxy) is 1. The lowest BCUT2D eigenvalue weighted by atomic mass is 10.2. The maximum atomic E-state index is 9.22. The zero-order valence-electron chi connectivity index (χ0n) is 9.16. The second-order valence-corrected chi connectivity index (χ2v) is 3.49. The Balaban J connectivity index is 2.65. The maximum Gasteiger partial charge on any atom is 0.122 e. The molecule has 0 aliphatic carbocycles. The van der Waals surface area contributed by atoms with Crippen LogP contribution < -0.4 is 4.74 Å². The number of hydrogen-bond acceptors (Lipinski definition) is 2. The van der Waals surface area contributed by atoms with E-state index in [2.05, 4.69) is 6.58 Å². The largest absolute Gasteiger partial charge is 0.508 e. The van der Waals surface area contributed by atoms with Crippen molar-refractivity contribution < 1.29 is 9.84 Å². The predicted molar refractivity (Wildman–Crippen MR) is 62.3 cm³/mol. The molecule has 0 spiro atoms. The molecule has 1 aromatic carbocycles. The molecule has 1 N–H and O–H groups in total. The Bertz CT molecular complexity index is 378. The van der Waals surface area contributed by atoms with Gasteiger partial charge in [0.2, 0.25) is 0 Å². The summed E-state index contributed by atoms with van der Waals surface area (Å²) in [4.78, 5) is 0. The van der Waals surface area contributed by atoms with Gasteiger partial charge in [-0.05, 0) is 43.2 Å². The van der Waals surface area contributed by atoms with E-state index < -0.39 is 0 Å². The van der Waals surface area contributed by atoms with Crippen LogP contribution in [-0.2, 0) is 0 Å².